The van der Waals surface area contributed by atoms with Gasteiger partial charge in [-0.05, 0) is 35.0 Å². The lowest BCUT2D eigenvalue weighted by atomic mass is 10.1. The number of nitrogens with one attached hydrogen (secondary N) is 1. The lowest BCUT2D eigenvalue weighted by Gasteiger charge is -2.07. The number of carbonyl (C=O) groups excluding carboxylic acids is 1. The zero-order valence-electron chi connectivity index (χ0n) is 16.3. The van der Waals surface area contributed by atoms with E-state index in [9.17, 15) is 14.9 Å². The van der Waals surface area contributed by atoms with Crippen LogP contribution in [0.5, 0.6) is 5.75 Å². The van der Waals surface area contributed by atoms with Gasteiger partial charge in [0, 0.05) is 27.8 Å². The minimum atomic E-state index is -0.459. The Labute approximate surface area is 181 Å². The van der Waals surface area contributed by atoms with Crippen LogP contribution in [0.3, 0.4) is 0 Å². The number of benzene rings is 3. The number of thiophene rings is 1. The van der Waals surface area contributed by atoms with Crippen molar-refractivity contribution in [2.45, 2.75) is 0 Å². The Morgan fingerprint density at radius 3 is 2.84 bits per heavy atom. The van der Waals surface area contributed by atoms with Crippen molar-refractivity contribution in [2.75, 3.05) is 6.61 Å². The molecule has 0 fully saturated rings. The number of nitro groups is 1. The van der Waals surface area contributed by atoms with Gasteiger partial charge >= 0.3 is 0 Å². The van der Waals surface area contributed by atoms with Gasteiger partial charge in [-0.25, -0.2) is 5.43 Å². The first-order valence-electron chi connectivity index (χ1n) is 9.33. The fraction of sp³-hybridized carbons (Fsp3) is 0.0435. The van der Waals surface area contributed by atoms with Gasteiger partial charge < -0.3 is 4.74 Å². The molecule has 1 aromatic heterocycles. The third-order valence-corrected chi connectivity index (χ3v) is 5.67. The summed E-state index contributed by atoms with van der Waals surface area (Å²) >= 11 is 1.25. The number of amides is 1. The number of fused-ring (bicyclic) bond motifs is 2. The molecule has 0 atom stereocenters. The molecule has 7 nitrogen and oxygen atoms in total. The predicted octanol–water partition coefficient (Wildman–Crippen LogP) is 5.29. The zero-order valence-corrected chi connectivity index (χ0v) is 17.1. The normalized spacial score (nSPS) is 11.1. The van der Waals surface area contributed by atoms with Crippen molar-refractivity contribution in [3.63, 3.8) is 0 Å². The van der Waals surface area contributed by atoms with Crippen LogP contribution in [0.1, 0.15) is 15.2 Å². The molecule has 154 valence electrons. The maximum absolute atomic E-state index is 12.5. The van der Waals surface area contributed by atoms with E-state index in [1.807, 2.05) is 36.4 Å². The molecule has 0 radical (unpaired) electrons. The first-order chi connectivity index (χ1) is 15.0. The lowest BCUT2D eigenvalue weighted by molar-refractivity contribution is -0.384. The molecule has 1 heterocycles. The molecule has 1 N–H and O–H groups in total. The van der Waals surface area contributed by atoms with Crippen molar-refractivity contribution in [1.29, 1.82) is 0 Å². The van der Waals surface area contributed by atoms with Gasteiger partial charge in [0.2, 0.25) is 0 Å². The van der Waals surface area contributed by atoms with Crippen molar-refractivity contribution < 1.29 is 14.5 Å². The van der Waals surface area contributed by atoms with Crippen LogP contribution in [0.25, 0.3) is 20.9 Å². The highest BCUT2D eigenvalue weighted by molar-refractivity contribution is 7.20. The summed E-state index contributed by atoms with van der Waals surface area (Å²) in [7, 11) is 0. The summed E-state index contributed by atoms with van der Waals surface area (Å²) in [6.45, 7) is 4.06. The zero-order chi connectivity index (χ0) is 21.8. The maximum Gasteiger partial charge on any atom is 0.281 e. The van der Waals surface area contributed by atoms with E-state index >= 15 is 0 Å². The summed E-state index contributed by atoms with van der Waals surface area (Å²) in [6.07, 6.45) is 3.26. The van der Waals surface area contributed by atoms with Gasteiger partial charge in [0.25, 0.3) is 11.6 Å². The van der Waals surface area contributed by atoms with Gasteiger partial charge in [-0.3, -0.25) is 14.9 Å². The Balaban J connectivity index is 1.53. The smallest absolute Gasteiger partial charge is 0.281 e. The molecule has 1 amide bonds. The second-order valence-electron chi connectivity index (χ2n) is 6.62. The minimum absolute atomic E-state index is 0.0114. The molecule has 0 aliphatic heterocycles. The second-order valence-corrected chi connectivity index (χ2v) is 7.70. The van der Waals surface area contributed by atoms with E-state index in [1.165, 1.54) is 23.5 Å². The Hall–Kier alpha value is -4.04. The topological polar surface area (TPSA) is 93.8 Å². The number of hydrogen-bond acceptors (Lipinski definition) is 6. The predicted molar refractivity (Wildman–Crippen MR) is 123 cm³/mol. The highest BCUT2D eigenvalue weighted by Gasteiger charge is 2.13. The minimum Gasteiger partial charge on any atom is -0.490 e. The van der Waals surface area contributed by atoms with Crippen LogP contribution in [0, 0.1) is 10.1 Å². The quantitative estimate of drug-likeness (QED) is 0.186. The average Bonchev–Trinajstić information content (AvgIpc) is 3.21. The molecule has 4 rings (SSSR count). The largest absolute Gasteiger partial charge is 0.490 e. The van der Waals surface area contributed by atoms with Crippen LogP contribution in [-0.2, 0) is 0 Å². The Bertz CT molecular complexity index is 1340. The molecule has 0 aliphatic carbocycles. The van der Waals surface area contributed by atoms with Crippen LogP contribution >= 0.6 is 11.3 Å². The fourth-order valence-corrected chi connectivity index (χ4v) is 4.04. The number of rotatable bonds is 7. The number of nitrogens with zero attached hydrogens (tertiary/aromatic N) is 2. The van der Waals surface area contributed by atoms with E-state index in [-0.39, 0.29) is 11.6 Å². The number of nitro benzene ring substituents is 1. The van der Waals surface area contributed by atoms with Crippen LogP contribution in [0.15, 0.2) is 78.4 Å². The third-order valence-electron chi connectivity index (χ3n) is 4.56. The number of ether oxygens (including phenoxy) is 1. The van der Waals surface area contributed by atoms with Gasteiger partial charge in [-0.1, -0.05) is 36.9 Å². The summed E-state index contributed by atoms with van der Waals surface area (Å²) in [5.74, 6) is 0.340. The summed E-state index contributed by atoms with van der Waals surface area (Å²) in [5, 5.41) is 17.6. The van der Waals surface area contributed by atoms with Crippen molar-refractivity contribution in [1.82, 2.24) is 5.43 Å². The summed E-state index contributed by atoms with van der Waals surface area (Å²) < 4.78 is 6.39. The number of carbonyl (C=O) groups is 1. The highest BCUT2D eigenvalue weighted by atomic mass is 32.1. The van der Waals surface area contributed by atoms with Crippen LogP contribution in [-0.4, -0.2) is 23.7 Å². The molecular formula is C23H17N3O4S. The average molecular weight is 431 g/mol. The highest BCUT2D eigenvalue weighted by Crippen LogP contribution is 2.29. The molecule has 0 unspecified atom stereocenters. The van der Waals surface area contributed by atoms with Gasteiger partial charge in [-0.2, -0.15) is 5.10 Å². The SMILES string of the molecule is C=CCOc1ccc2cccc(/C=N\NC(=O)c3cc4cc([N+](=O)[O-])ccc4s3)c2c1. The monoisotopic (exact) mass is 431 g/mol. The summed E-state index contributed by atoms with van der Waals surface area (Å²) in [6, 6.07) is 17.7. The molecule has 0 aliphatic rings. The van der Waals surface area contributed by atoms with E-state index < -0.39 is 4.92 Å². The fourth-order valence-electron chi connectivity index (χ4n) is 3.11. The lowest BCUT2D eigenvalue weighted by Crippen LogP contribution is -2.16. The number of hydrazone groups is 1. The van der Waals surface area contributed by atoms with Crippen LogP contribution < -0.4 is 10.2 Å². The van der Waals surface area contributed by atoms with Crippen molar-refractivity contribution in [3.8, 4) is 5.75 Å². The molecule has 31 heavy (non-hydrogen) atoms. The van der Waals surface area contributed by atoms with Crippen molar-refractivity contribution >= 4 is 50.0 Å². The van der Waals surface area contributed by atoms with Gasteiger partial charge in [0.15, 0.2) is 0 Å². The van der Waals surface area contributed by atoms with Crippen molar-refractivity contribution in [2.24, 2.45) is 5.10 Å². The first kappa shape index (κ1) is 20.2. The van der Waals surface area contributed by atoms with E-state index in [1.54, 1.807) is 24.4 Å². The second kappa shape index (κ2) is 8.76. The Morgan fingerprint density at radius 2 is 2.03 bits per heavy atom. The summed E-state index contributed by atoms with van der Waals surface area (Å²) in [5.41, 5.74) is 3.34. The molecule has 3 aromatic carbocycles. The molecule has 0 bridgehead atoms. The molecule has 0 saturated carbocycles. The van der Waals surface area contributed by atoms with Gasteiger partial charge in [0.05, 0.1) is 16.0 Å². The van der Waals surface area contributed by atoms with E-state index in [0.717, 1.165) is 26.8 Å². The Morgan fingerprint density at radius 1 is 1.16 bits per heavy atom. The van der Waals surface area contributed by atoms with E-state index in [4.69, 9.17) is 4.74 Å². The van der Waals surface area contributed by atoms with E-state index in [2.05, 4.69) is 17.1 Å². The van der Waals surface area contributed by atoms with Gasteiger partial charge in [-0.15, -0.1) is 11.3 Å². The number of hydrogen-bond donors (Lipinski definition) is 1. The summed E-state index contributed by atoms with van der Waals surface area (Å²) in [4.78, 5) is 23.4. The maximum atomic E-state index is 12.5. The molecule has 8 heteroatoms. The molecule has 4 aromatic rings. The van der Waals surface area contributed by atoms with Gasteiger partial charge in [0.1, 0.15) is 12.4 Å². The third kappa shape index (κ3) is 4.44. The molecule has 0 saturated heterocycles. The van der Waals surface area contributed by atoms with Crippen LogP contribution in [0.4, 0.5) is 5.69 Å². The van der Waals surface area contributed by atoms with E-state index in [0.29, 0.717) is 16.9 Å². The first-order valence-corrected chi connectivity index (χ1v) is 10.1. The number of non-ortho nitro benzene ring substituents is 1. The Kier molecular flexibility index (Phi) is 5.72. The molecular weight excluding hydrogens is 414 g/mol. The van der Waals surface area contributed by atoms with Crippen LogP contribution in [0.2, 0.25) is 0 Å². The van der Waals surface area contributed by atoms with Crippen molar-refractivity contribution in [3.05, 3.63) is 93.9 Å². The standard InChI is InChI=1S/C23H17N3O4S/c1-2-10-30-19-8-6-15-4-3-5-16(20(15)13-19)14-24-25-23(27)22-12-17-11-18(26(28)29)7-9-21(17)31-22/h2-9,11-14H,1,10H2,(H,25,27)/b24-14-. The molecule has 0 spiro atoms.